The molecule has 1 N–H and O–H groups in total. The van der Waals surface area contributed by atoms with E-state index in [1.165, 1.54) is 16.7 Å². The standard InChI is InChI=1S/C32H34N2O3/c1-31-18-27(22-6-8-24(9-7-22)34(2)3)29-26-11-10-25(35)17-23(26)20-37-30(29)28(31)13-15-32(31,36)14-12-21-5-4-16-33-19-21/h4-9,16-17,19,27-28,30,36H,10-11,13,15,18,20H2,1-3H3. The third-order valence-electron chi connectivity index (χ3n) is 9.25. The van der Waals surface area contributed by atoms with Crippen molar-refractivity contribution in [2.75, 3.05) is 25.6 Å². The smallest absolute Gasteiger partial charge is 0.156 e. The van der Waals surface area contributed by atoms with Crippen LogP contribution in [0.25, 0.3) is 0 Å². The van der Waals surface area contributed by atoms with Gasteiger partial charge in [0.25, 0.3) is 0 Å². The number of aromatic nitrogens is 1. The van der Waals surface area contributed by atoms with E-state index < -0.39 is 11.0 Å². The van der Waals surface area contributed by atoms with Crippen molar-refractivity contribution in [2.24, 2.45) is 11.3 Å². The van der Waals surface area contributed by atoms with Gasteiger partial charge in [0.2, 0.25) is 0 Å². The summed E-state index contributed by atoms with van der Waals surface area (Å²) in [7, 11) is 4.10. The Morgan fingerprint density at radius 1 is 1.16 bits per heavy atom. The maximum absolute atomic E-state index is 12.2. The van der Waals surface area contributed by atoms with Crippen LogP contribution in [-0.4, -0.2) is 48.3 Å². The van der Waals surface area contributed by atoms with Crippen molar-refractivity contribution in [3.63, 3.8) is 0 Å². The van der Waals surface area contributed by atoms with E-state index in [0.717, 1.165) is 36.1 Å². The lowest BCUT2D eigenvalue weighted by Crippen LogP contribution is -2.53. The molecule has 0 saturated heterocycles. The van der Waals surface area contributed by atoms with Crippen molar-refractivity contribution in [3.8, 4) is 11.8 Å². The summed E-state index contributed by atoms with van der Waals surface area (Å²) in [5, 5.41) is 12.1. The van der Waals surface area contributed by atoms with Gasteiger partial charge < -0.3 is 14.7 Å². The molecule has 2 heterocycles. The predicted octanol–water partition coefficient (Wildman–Crippen LogP) is 4.82. The fraction of sp³-hybridized carbons (Fsp3) is 0.438. The van der Waals surface area contributed by atoms with Crippen LogP contribution in [0, 0.1) is 23.2 Å². The maximum atomic E-state index is 12.2. The molecule has 2 fully saturated rings. The second-order valence-electron chi connectivity index (χ2n) is 11.5. The Hall–Kier alpha value is -3.20. The Balaban J connectivity index is 1.46. The van der Waals surface area contributed by atoms with Crippen molar-refractivity contribution in [1.29, 1.82) is 0 Å². The topological polar surface area (TPSA) is 62.7 Å². The SMILES string of the molecule is CN(C)c1ccc(C2CC3(C)C(CCC3(O)C#Cc3cccnc3)C3OCC4=CC(=O)CCC4=C23)cc1. The number of ketones is 1. The van der Waals surface area contributed by atoms with Gasteiger partial charge in [-0.3, -0.25) is 9.78 Å². The normalized spacial score (nSPS) is 32.5. The monoisotopic (exact) mass is 494 g/mol. The van der Waals surface area contributed by atoms with E-state index in [9.17, 15) is 9.90 Å². The molecule has 0 amide bonds. The molecule has 1 aromatic heterocycles. The maximum Gasteiger partial charge on any atom is 0.156 e. The molecule has 2 aromatic rings. The van der Waals surface area contributed by atoms with Gasteiger partial charge in [0, 0.05) is 55.5 Å². The summed E-state index contributed by atoms with van der Waals surface area (Å²) in [5.74, 6) is 6.97. The van der Waals surface area contributed by atoms with Crippen molar-refractivity contribution < 1.29 is 14.6 Å². The molecule has 0 spiro atoms. The van der Waals surface area contributed by atoms with Crippen molar-refractivity contribution >= 4 is 11.5 Å². The molecule has 0 radical (unpaired) electrons. The first kappa shape index (κ1) is 24.2. The zero-order chi connectivity index (χ0) is 25.8. The molecule has 4 aliphatic rings. The number of pyridine rings is 1. The molecule has 2 saturated carbocycles. The van der Waals surface area contributed by atoms with Crippen LogP contribution >= 0.6 is 0 Å². The van der Waals surface area contributed by atoms with Crippen LogP contribution in [0.4, 0.5) is 5.69 Å². The first-order valence-electron chi connectivity index (χ1n) is 13.3. The second-order valence-corrected chi connectivity index (χ2v) is 11.5. The zero-order valence-electron chi connectivity index (χ0n) is 21.8. The van der Waals surface area contributed by atoms with Crippen LogP contribution in [0.3, 0.4) is 0 Å². The quantitative estimate of drug-likeness (QED) is 0.607. The van der Waals surface area contributed by atoms with E-state index >= 15 is 0 Å². The highest BCUT2D eigenvalue weighted by atomic mass is 16.5. The summed E-state index contributed by atoms with van der Waals surface area (Å²) >= 11 is 0. The molecular weight excluding hydrogens is 460 g/mol. The number of fused-ring (bicyclic) bond motifs is 4. The lowest BCUT2D eigenvalue weighted by atomic mass is 9.55. The van der Waals surface area contributed by atoms with Crippen LogP contribution in [-0.2, 0) is 9.53 Å². The van der Waals surface area contributed by atoms with Gasteiger partial charge >= 0.3 is 0 Å². The minimum absolute atomic E-state index is 0.0770. The zero-order valence-corrected chi connectivity index (χ0v) is 21.8. The molecule has 1 aliphatic heterocycles. The van der Waals surface area contributed by atoms with Gasteiger partial charge in [-0.2, -0.15) is 0 Å². The third-order valence-corrected chi connectivity index (χ3v) is 9.25. The van der Waals surface area contributed by atoms with E-state index in [1.54, 1.807) is 18.5 Å². The summed E-state index contributed by atoms with van der Waals surface area (Å²) in [6, 6.07) is 12.6. The van der Waals surface area contributed by atoms with Crippen molar-refractivity contribution in [3.05, 3.63) is 82.7 Å². The average Bonchev–Trinajstić information content (AvgIpc) is 3.17. The molecule has 5 nitrogen and oxygen atoms in total. The molecule has 6 rings (SSSR count). The Morgan fingerprint density at radius 3 is 2.70 bits per heavy atom. The molecule has 5 heteroatoms. The average molecular weight is 495 g/mol. The number of rotatable bonds is 2. The van der Waals surface area contributed by atoms with Gasteiger partial charge in [0.1, 0.15) is 5.60 Å². The van der Waals surface area contributed by atoms with Gasteiger partial charge in [-0.1, -0.05) is 30.9 Å². The predicted molar refractivity (Wildman–Crippen MR) is 144 cm³/mol. The number of nitrogens with zero attached hydrogens (tertiary/aromatic N) is 2. The summed E-state index contributed by atoms with van der Waals surface area (Å²) in [5.41, 5.74) is 5.33. The van der Waals surface area contributed by atoms with E-state index in [0.29, 0.717) is 19.4 Å². The summed E-state index contributed by atoms with van der Waals surface area (Å²) in [6.07, 6.45) is 8.81. The highest BCUT2D eigenvalue weighted by Gasteiger charge is 2.63. The number of allylic oxidation sites excluding steroid dienone is 1. The van der Waals surface area contributed by atoms with Gasteiger partial charge in [-0.05, 0) is 84.2 Å². The number of carbonyl (C=O) groups is 1. The minimum atomic E-state index is -1.12. The van der Waals surface area contributed by atoms with Gasteiger partial charge in [-0.25, -0.2) is 0 Å². The fourth-order valence-corrected chi connectivity index (χ4v) is 7.14. The molecule has 0 bridgehead atoms. The number of anilines is 1. The Bertz CT molecular complexity index is 1350. The van der Waals surface area contributed by atoms with Gasteiger partial charge in [0.15, 0.2) is 5.78 Å². The lowest BCUT2D eigenvalue weighted by Gasteiger charge is -2.53. The Labute approximate surface area is 219 Å². The van der Waals surface area contributed by atoms with E-state index in [1.807, 2.05) is 26.2 Å². The third kappa shape index (κ3) is 3.95. The number of benzene rings is 1. The first-order chi connectivity index (χ1) is 17.8. The Kier molecular flexibility index (Phi) is 5.86. The van der Waals surface area contributed by atoms with Gasteiger partial charge in [-0.15, -0.1) is 0 Å². The number of ether oxygens (including phenoxy) is 1. The van der Waals surface area contributed by atoms with E-state index in [4.69, 9.17) is 4.74 Å². The fourth-order valence-electron chi connectivity index (χ4n) is 7.14. The minimum Gasteiger partial charge on any atom is -0.378 e. The summed E-state index contributed by atoms with van der Waals surface area (Å²) in [6.45, 7) is 2.68. The number of aliphatic hydroxyl groups is 1. The van der Waals surface area contributed by atoms with Gasteiger partial charge in [0.05, 0.1) is 12.7 Å². The molecule has 5 atom stereocenters. The van der Waals surface area contributed by atoms with Crippen LogP contribution in [0.1, 0.15) is 56.1 Å². The van der Waals surface area contributed by atoms with Crippen LogP contribution in [0.5, 0.6) is 0 Å². The number of hydrogen-bond donors (Lipinski definition) is 1. The Morgan fingerprint density at radius 2 is 1.97 bits per heavy atom. The molecule has 5 unspecified atom stereocenters. The summed E-state index contributed by atoms with van der Waals surface area (Å²) < 4.78 is 6.59. The van der Waals surface area contributed by atoms with Crippen molar-refractivity contribution in [1.82, 2.24) is 4.98 Å². The van der Waals surface area contributed by atoms with E-state index in [-0.39, 0.29) is 23.7 Å². The second kappa shape index (κ2) is 8.97. The summed E-state index contributed by atoms with van der Waals surface area (Å²) in [4.78, 5) is 18.5. The molecule has 3 aliphatic carbocycles. The van der Waals surface area contributed by atoms with E-state index in [2.05, 4.69) is 52.9 Å². The molecule has 190 valence electrons. The largest absolute Gasteiger partial charge is 0.378 e. The highest BCUT2D eigenvalue weighted by molar-refractivity contribution is 5.93. The number of carbonyl (C=O) groups excluding carboxylic acids is 1. The number of hydrogen-bond acceptors (Lipinski definition) is 5. The first-order valence-corrected chi connectivity index (χ1v) is 13.3. The lowest BCUT2D eigenvalue weighted by molar-refractivity contribution is -0.115. The van der Waals surface area contributed by atoms with Crippen LogP contribution in [0.15, 0.2) is 71.6 Å². The molecule has 37 heavy (non-hydrogen) atoms. The molecule has 1 aromatic carbocycles. The highest BCUT2D eigenvalue weighted by Crippen LogP contribution is 2.64. The molecular formula is C32H34N2O3. The van der Waals surface area contributed by atoms with Crippen molar-refractivity contribution in [2.45, 2.75) is 56.7 Å². The van der Waals surface area contributed by atoms with Crippen LogP contribution < -0.4 is 4.90 Å². The van der Waals surface area contributed by atoms with Crippen LogP contribution in [0.2, 0.25) is 0 Å².